The van der Waals surface area contributed by atoms with Gasteiger partial charge < -0.3 is 16.0 Å². The Hall–Kier alpha value is -1.07. The van der Waals surface area contributed by atoms with Crippen LogP contribution in [-0.2, 0) is 0 Å². The van der Waals surface area contributed by atoms with E-state index >= 15 is 0 Å². The van der Waals surface area contributed by atoms with Crippen molar-refractivity contribution in [3.05, 3.63) is 11.2 Å². The van der Waals surface area contributed by atoms with Gasteiger partial charge >= 0.3 is 0 Å². The lowest BCUT2D eigenvalue weighted by Crippen LogP contribution is -2.54. The molecule has 1 aliphatic heterocycles. The monoisotopic (exact) mass is 241 g/mol. The van der Waals surface area contributed by atoms with Gasteiger partial charge in [0.1, 0.15) is 11.0 Å². The number of hydrogen-bond acceptors (Lipinski definition) is 5. The van der Waals surface area contributed by atoms with Gasteiger partial charge in [0, 0.05) is 31.2 Å². The number of hydrogen-bond donors (Lipinski definition) is 2. The molecule has 0 aliphatic carbocycles. The highest BCUT2D eigenvalue weighted by Gasteiger charge is 2.23. The fourth-order valence-corrected chi connectivity index (χ4v) is 2.09. The van der Waals surface area contributed by atoms with Crippen molar-refractivity contribution in [2.24, 2.45) is 0 Å². The van der Waals surface area contributed by atoms with E-state index in [0.29, 0.717) is 17.2 Å². The Bertz CT molecular complexity index is 363. The Morgan fingerprint density at radius 2 is 2.25 bits per heavy atom. The van der Waals surface area contributed by atoms with Crippen LogP contribution in [0.1, 0.15) is 13.8 Å². The van der Waals surface area contributed by atoms with Crippen molar-refractivity contribution in [2.75, 3.05) is 23.7 Å². The van der Waals surface area contributed by atoms with Crippen molar-refractivity contribution in [1.82, 2.24) is 15.3 Å². The smallest absolute Gasteiger partial charge is 0.223 e. The molecule has 1 fully saturated rings. The molecule has 16 heavy (non-hydrogen) atoms. The first-order valence-corrected chi connectivity index (χ1v) is 5.74. The predicted octanol–water partition coefficient (Wildman–Crippen LogP) is 0.899. The Balaban J connectivity index is 2.27. The Kier molecular flexibility index (Phi) is 3.16. The maximum Gasteiger partial charge on any atom is 0.223 e. The van der Waals surface area contributed by atoms with E-state index in [1.165, 1.54) is 0 Å². The van der Waals surface area contributed by atoms with Crippen LogP contribution in [-0.4, -0.2) is 35.1 Å². The molecule has 0 amide bonds. The highest BCUT2D eigenvalue weighted by atomic mass is 35.5. The van der Waals surface area contributed by atoms with Gasteiger partial charge in [-0.25, -0.2) is 4.98 Å². The van der Waals surface area contributed by atoms with Crippen molar-refractivity contribution < 1.29 is 0 Å². The van der Waals surface area contributed by atoms with E-state index in [1.54, 1.807) is 6.07 Å². The third-order valence-corrected chi connectivity index (χ3v) is 2.95. The molecule has 0 spiro atoms. The summed E-state index contributed by atoms with van der Waals surface area (Å²) in [6.45, 7) is 6.12. The summed E-state index contributed by atoms with van der Waals surface area (Å²) in [5.41, 5.74) is 5.60. The quantitative estimate of drug-likeness (QED) is 0.715. The molecule has 3 N–H and O–H groups in total. The molecule has 0 saturated carbocycles. The van der Waals surface area contributed by atoms with Crippen LogP contribution in [0.2, 0.25) is 5.15 Å². The first-order chi connectivity index (χ1) is 7.56. The third kappa shape index (κ3) is 2.36. The summed E-state index contributed by atoms with van der Waals surface area (Å²) in [4.78, 5) is 10.3. The number of aromatic nitrogens is 2. The minimum atomic E-state index is 0.223. The summed E-state index contributed by atoms with van der Waals surface area (Å²) < 4.78 is 0. The molecule has 1 aromatic rings. The van der Waals surface area contributed by atoms with Gasteiger partial charge in [0.2, 0.25) is 5.95 Å². The minimum Gasteiger partial charge on any atom is -0.368 e. The number of halogens is 1. The van der Waals surface area contributed by atoms with Gasteiger partial charge in [0.25, 0.3) is 0 Å². The zero-order valence-electron chi connectivity index (χ0n) is 9.44. The molecule has 2 heterocycles. The van der Waals surface area contributed by atoms with Gasteiger partial charge in [-0.3, -0.25) is 0 Å². The number of piperazine rings is 1. The number of nitrogens with two attached hydrogens (primary N) is 1. The lowest BCUT2D eigenvalue weighted by atomic mass is 10.1. The van der Waals surface area contributed by atoms with E-state index in [2.05, 4.69) is 34.0 Å². The highest BCUT2D eigenvalue weighted by molar-refractivity contribution is 6.29. The largest absolute Gasteiger partial charge is 0.368 e. The number of anilines is 2. The topological polar surface area (TPSA) is 67.1 Å². The van der Waals surface area contributed by atoms with Gasteiger partial charge in [0.15, 0.2) is 0 Å². The van der Waals surface area contributed by atoms with E-state index in [4.69, 9.17) is 17.3 Å². The standard InChI is InChI=1S/C10H16ClN5/c1-6-5-16(7(2)4-13-6)9-3-8(11)14-10(12)15-9/h3,6-7,13H,4-5H2,1-2H3,(H2,12,14,15). The van der Waals surface area contributed by atoms with E-state index in [-0.39, 0.29) is 5.95 Å². The molecule has 0 radical (unpaired) electrons. The van der Waals surface area contributed by atoms with Gasteiger partial charge in [-0.1, -0.05) is 11.6 Å². The first kappa shape index (κ1) is 11.4. The second kappa shape index (κ2) is 4.43. The average molecular weight is 242 g/mol. The van der Waals surface area contributed by atoms with Crippen LogP contribution in [0.4, 0.5) is 11.8 Å². The Labute approximate surface area is 100 Å². The fourth-order valence-electron chi connectivity index (χ4n) is 1.91. The number of nitrogens with zero attached hydrogens (tertiary/aromatic N) is 3. The zero-order valence-corrected chi connectivity index (χ0v) is 10.2. The van der Waals surface area contributed by atoms with Crippen LogP contribution >= 0.6 is 11.6 Å². The predicted molar refractivity (Wildman–Crippen MR) is 65.7 cm³/mol. The first-order valence-electron chi connectivity index (χ1n) is 5.36. The second-order valence-electron chi connectivity index (χ2n) is 4.22. The zero-order chi connectivity index (χ0) is 11.7. The van der Waals surface area contributed by atoms with Crippen molar-refractivity contribution in [2.45, 2.75) is 25.9 Å². The number of nitrogen functional groups attached to an aromatic ring is 1. The molecule has 2 rings (SSSR count). The minimum absolute atomic E-state index is 0.223. The van der Waals surface area contributed by atoms with E-state index < -0.39 is 0 Å². The van der Waals surface area contributed by atoms with Crippen LogP contribution in [0.25, 0.3) is 0 Å². The normalized spacial score (nSPS) is 25.8. The molecule has 1 aromatic heterocycles. The second-order valence-corrected chi connectivity index (χ2v) is 4.60. The molecular formula is C10H16ClN5. The SMILES string of the molecule is CC1CN(c2cc(Cl)nc(N)n2)C(C)CN1. The average Bonchev–Trinajstić information content (AvgIpc) is 2.20. The fraction of sp³-hybridized carbons (Fsp3) is 0.600. The van der Waals surface area contributed by atoms with Crippen molar-refractivity contribution in [3.63, 3.8) is 0 Å². The summed E-state index contributed by atoms with van der Waals surface area (Å²) in [5, 5.41) is 3.80. The molecule has 2 unspecified atom stereocenters. The number of rotatable bonds is 1. The molecule has 6 heteroatoms. The van der Waals surface area contributed by atoms with E-state index in [1.807, 2.05) is 0 Å². The summed E-state index contributed by atoms with van der Waals surface area (Å²) in [6, 6.07) is 2.57. The maximum absolute atomic E-state index is 5.88. The molecule has 5 nitrogen and oxygen atoms in total. The Morgan fingerprint density at radius 3 is 2.94 bits per heavy atom. The van der Waals surface area contributed by atoms with Crippen molar-refractivity contribution in [1.29, 1.82) is 0 Å². The highest BCUT2D eigenvalue weighted by Crippen LogP contribution is 2.21. The lowest BCUT2D eigenvalue weighted by molar-refractivity contribution is 0.422. The lowest BCUT2D eigenvalue weighted by Gasteiger charge is -2.38. The maximum atomic E-state index is 5.88. The molecule has 0 bridgehead atoms. The number of nitrogens with one attached hydrogen (secondary N) is 1. The van der Waals surface area contributed by atoms with Gasteiger partial charge in [-0.15, -0.1) is 0 Å². The van der Waals surface area contributed by atoms with Gasteiger partial charge in [-0.05, 0) is 13.8 Å². The molecule has 1 aliphatic rings. The Morgan fingerprint density at radius 1 is 1.50 bits per heavy atom. The molecule has 1 saturated heterocycles. The van der Waals surface area contributed by atoms with Crippen LogP contribution in [0.3, 0.4) is 0 Å². The van der Waals surface area contributed by atoms with Crippen LogP contribution < -0.4 is 16.0 Å². The van der Waals surface area contributed by atoms with E-state index in [9.17, 15) is 0 Å². The summed E-state index contributed by atoms with van der Waals surface area (Å²) >= 11 is 5.88. The van der Waals surface area contributed by atoms with Crippen molar-refractivity contribution >= 4 is 23.4 Å². The van der Waals surface area contributed by atoms with Crippen LogP contribution in [0.5, 0.6) is 0 Å². The summed E-state index contributed by atoms with van der Waals surface area (Å²) in [5.74, 6) is 1.03. The van der Waals surface area contributed by atoms with Gasteiger partial charge in [-0.2, -0.15) is 4.98 Å². The van der Waals surface area contributed by atoms with Crippen LogP contribution in [0, 0.1) is 0 Å². The van der Waals surface area contributed by atoms with Gasteiger partial charge in [0.05, 0.1) is 0 Å². The molecule has 88 valence electrons. The molecule has 2 atom stereocenters. The van der Waals surface area contributed by atoms with Crippen LogP contribution in [0.15, 0.2) is 6.07 Å². The molecular weight excluding hydrogens is 226 g/mol. The summed E-state index contributed by atoms with van der Waals surface area (Å²) in [6.07, 6.45) is 0. The van der Waals surface area contributed by atoms with Crippen molar-refractivity contribution in [3.8, 4) is 0 Å². The third-order valence-electron chi connectivity index (χ3n) is 2.76. The van der Waals surface area contributed by atoms with E-state index in [0.717, 1.165) is 18.9 Å². The summed E-state index contributed by atoms with van der Waals surface area (Å²) in [7, 11) is 0. The molecule has 0 aromatic carbocycles.